The van der Waals surface area contributed by atoms with Crippen molar-refractivity contribution in [2.75, 3.05) is 24.3 Å². The maximum Gasteiger partial charge on any atom is 0.237 e. The summed E-state index contributed by atoms with van der Waals surface area (Å²) < 4.78 is 4.48. The largest absolute Gasteiger partial charge is 0.342 e. The minimum Gasteiger partial charge on any atom is -0.342 e. The van der Waals surface area contributed by atoms with Crippen molar-refractivity contribution in [2.45, 2.75) is 18.8 Å². The van der Waals surface area contributed by atoms with Crippen LogP contribution in [0.15, 0.2) is 36.5 Å². The van der Waals surface area contributed by atoms with E-state index < -0.39 is 0 Å². The van der Waals surface area contributed by atoms with Crippen molar-refractivity contribution in [3.05, 3.63) is 42.2 Å². The Bertz CT molecular complexity index is 908. The Morgan fingerprint density at radius 2 is 2.12 bits per heavy atom. The number of nitrogens with zero attached hydrogens (tertiary/aromatic N) is 4. The lowest BCUT2D eigenvalue weighted by molar-refractivity contribution is -0.129. The van der Waals surface area contributed by atoms with Crippen LogP contribution in [0.2, 0.25) is 0 Å². The van der Waals surface area contributed by atoms with Crippen molar-refractivity contribution in [1.82, 2.24) is 19.2 Å². The Labute approximate surface area is 160 Å². The van der Waals surface area contributed by atoms with Crippen molar-refractivity contribution in [3.63, 3.8) is 0 Å². The van der Waals surface area contributed by atoms with Crippen molar-refractivity contribution >= 4 is 50.9 Å². The van der Waals surface area contributed by atoms with Crippen LogP contribution in [-0.2, 0) is 4.79 Å². The lowest BCUT2D eigenvalue weighted by atomic mass is 9.93. The number of alkyl halides is 1. The normalized spacial score (nSPS) is 15.3. The number of hydrogen-bond donors (Lipinski definition) is 1. The van der Waals surface area contributed by atoms with Crippen LogP contribution in [0.25, 0.3) is 10.2 Å². The first kappa shape index (κ1) is 17.2. The van der Waals surface area contributed by atoms with Gasteiger partial charge in [0.15, 0.2) is 5.82 Å². The molecule has 4 rings (SSSR count). The average Bonchev–Trinajstić information content (AvgIpc) is 3.10. The summed E-state index contributed by atoms with van der Waals surface area (Å²) in [5.74, 6) is 1.99. The molecule has 4 heterocycles. The Morgan fingerprint density at radius 1 is 1.27 bits per heavy atom. The van der Waals surface area contributed by atoms with Crippen molar-refractivity contribution in [1.29, 1.82) is 0 Å². The minimum atomic E-state index is 0.0150. The van der Waals surface area contributed by atoms with Crippen LogP contribution in [0.4, 0.5) is 11.6 Å². The van der Waals surface area contributed by atoms with Gasteiger partial charge in [-0.1, -0.05) is 6.07 Å². The second-order valence-corrected chi connectivity index (χ2v) is 7.27. The van der Waals surface area contributed by atoms with E-state index in [1.165, 1.54) is 11.5 Å². The zero-order valence-electron chi connectivity index (χ0n) is 14.1. The second kappa shape index (κ2) is 7.55. The molecule has 1 N–H and O–H groups in total. The number of halogens is 1. The number of anilines is 2. The van der Waals surface area contributed by atoms with Crippen LogP contribution in [0.3, 0.4) is 0 Å². The Kier molecular flexibility index (Phi) is 4.99. The molecule has 0 atom stereocenters. The highest BCUT2D eigenvalue weighted by Gasteiger charge is 2.24. The van der Waals surface area contributed by atoms with Crippen LogP contribution < -0.4 is 5.32 Å². The van der Waals surface area contributed by atoms with Crippen LogP contribution in [-0.4, -0.2) is 44.1 Å². The molecule has 0 aliphatic carbocycles. The lowest BCUT2D eigenvalue weighted by Crippen LogP contribution is -2.38. The van der Waals surface area contributed by atoms with Crippen LogP contribution in [0.1, 0.15) is 24.5 Å². The molecular formula is C18H18ClN5OS. The van der Waals surface area contributed by atoms with Gasteiger partial charge in [-0.2, -0.15) is 4.37 Å². The third-order valence-corrected chi connectivity index (χ3v) is 5.64. The first-order valence-electron chi connectivity index (χ1n) is 8.52. The summed E-state index contributed by atoms with van der Waals surface area (Å²) in [6, 6.07) is 9.86. The van der Waals surface area contributed by atoms with E-state index in [1.54, 1.807) is 6.20 Å². The number of carbonyl (C=O) groups excluding carboxylic acids is 1. The Hall–Kier alpha value is -2.25. The minimum absolute atomic E-state index is 0.0150. The van der Waals surface area contributed by atoms with Gasteiger partial charge in [-0.05, 0) is 48.6 Å². The molecule has 134 valence electrons. The molecule has 0 bridgehead atoms. The number of amides is 1. The average molecular weight is 388 g/mol. The molecule has 0 aromatic carbocycles. The van der Waals surface area contributed by atoms with Gasteiger partial charge in [0.25, 0.3) is 0 Å². The number of pyridine rings is 2. The maximum atomic E-state index is 11.7. The molecular weight excluding hydrogens is 370 g/mol. The van der Waals surface area contributed by atoms with E-state index >= 15 is 0 Å². The summed E-state index contributed by atoms with van der Waals surface area (Å²) in [4.78, 5) is 23.5. The topological polar surface area (TPSA) is 71.0 Å². The number of hydrogen-bond acceptors (Lipinski definition) is 6. The van der Waals surface area contributed by atoms with E-state index in [4.69, 9.17) is 16.6 Å². The van der Waals surface area contributed by atoms with E-state index in [9.17, 15) is 4.79 Å². The lowest BCUT2D eigenvalue weighted by Gasteiger charge is -2.31. The molecule has 26 heavy (non-hydrogen) atoms. The summed E-state index contributed by atoms with van der Waals surface area (Å²) in [6.07, 6.45) is 3.58. The van der Waals surface area contributed by atoms with E-state index in [-0.39, 0.29) is 11.8 Å². The number of rotatable bonds is 4. The molecule has 1 aliphatic rings. The molecule has 8 heteroatoms. The first-order valence-corrected chi connectivity index (χ1v) is 9.83. The monoisotopic (exact) mass is 387 g/mol. The third kappa shape index (κ3) is 3.50. The van der Waals surface area contributed by atoms with Gasteiger partial charge in [0.2, 0.25) is 5.91 Å². The summed E-state index contributed by atoms with van der Waals surface area (Å²) >= 11 is 7.03. The second-order valence-electron chi connectivity index (χ2n) is 6.25. The molecule has 3 aromatic heterocycles. The predicted molar refractivity (Wildman–Crippen MR) is 104 cm³/mol. The van der Waals surface area contributed by atoms with Crippen LogP contribution in [0.5, 0.6) is 0 Å². The number of fused-ring (bicyclic) bond motifs is 1. The fourth-order valence-electron chi connectivity index (χ4n) is 3.23. The van der Waals surface area contributed by atoms with Gasteiger partial charge in [0.05, 0.1) is 5.39 Å². The number of carbonyl (C=O) groups is 1. The Balaban J connectivity index is 1.50. The summed E-state index contributed by atoms with van der Waals surface area (Å²) in [7, 11) is 0. The number of aromatic nitrogens is 3. The molecule has 6 nitrogen and oxygen atoms in total. The zero-order chi connectivity index (χ0) is 17.9. The highest BCUT2D eigenvalue weighted by atomic mass is 35.5. The van der Waals surface area contributed by atoms with Crippen molar-refractivity contribution in [3.8, 4) is 0 Å². The van der Waals surface area contributed by atoms with Gasteiger partial charge in [0.1, 0.15) is 16.5 Å². The number of likely N-dealkylation sites (tertiary alicyclic amines) is 1. The molecule has 0 saturated carbocycles. The SMILES string of the molecule is O=C(CCl)N1CCC(c2ccc3c(Nc4ccccn4)nsc3n2)CC1. The zero-order valence-corrected chi connectivity index (χ0v) is 15.6. The maximum absolute atomic E-state index is 11.7. The van der Waals surface area contributed by atoms with Crippen molar-refractivity contribution in [2.24, 2.45) is 0 Å². The highest BCUT2D eigenvalue weighted by Crippen LogP contribution is 2.32. The van der Waals surface area contributed by atoms with Gasteiger partial charge in [-0.3, -0.25) is 4.79 Å². The third-order valence-electron chi connectivity index (χ3n) is 4.65. The first-order chi connectivity index (χ1) is 12.7. The molecule has 1 amide bonds. The summed E-state index contributed by atoms with van der Waals surface area (Å²) in [5.41, 5.74) is 1.07. The molecule has 3 aromatic rings. The Morgan fingerprint density at radius 3 is 2.85 bits per heavy atom. The van der Waals surface area contributed by atoms with E-state index in [0.717, 1.165) is 53.5 Å². The van der Waals surface area contributed by atoms with Crippen LogP contribution in [0, 0.1) is 0 Å². The van der Waals surface area contributed by atoms with Gasteiger partial charge in [0, 0.05) is 30.9 Å². The van der Waals surface area contributed by atoms with Gasteiger partial charge in [-0.15, -0.1) is 11.6 Å². The molecule has 1 aliphatic heterocycles. The smallest absolute Gasteiger partial charge is 0.237 e. The molecule has 0 radical (unpaired) electrons. The molecule has 1 saturated heterocycles. The quantitative estimate of drug-likeness (QED) is 0.690. The van der Waals surface area contributed by atoms with E-state index in [1.807, 2.05) is 23.1 Å². The number of piperidine rings is 1. The molecule has 0 spiro atoms. The summed E-state index contributed by atoms with van der Waals surface area (Å²) in [6.45, 7) is 1.48. The van der Waals surface area contributed by atoms with Gasteiger partial charge < -0.3 is 10.2 Å². The number of nitrogens with one attached hydrogen (secondary N) is 1. The molecule has 0 unspecified atom stereocenters. The standard InChI is InChI=1S/C18H18ClN5OS/c19-11-16(25)24-9-6-12(7-10-24)14-5-4-13-17(23-26-18(13)21-14)22-15-3-1-2-8-20-15/h1-5,8,12H,6-7,9-11H2,(H,20,22,23). The van der Waals surface area contributed by atoms with E-state index in [2.05, 4.69) is 26.8 Å². The predicted octanol–water partition coefficient (Wildman–Crippen LogP) is 3.77. The van der Waals surface area contributed by atoms with Crippen LogP contribution >= 0.6 is 23.1 Å². The van der Waals surface area contributed by atoms with Crippen molar-refractivity contribution < 1.29 is 4.79 Å². The van der Waals surface area contributed by atoms with E-state index in [0.29, 0.717) is 5.92 Å². The van der Waals surface area contributed by atoms with Gasteiger partial charge >= 0.3 is 0 Å². The fraction of sp³-hybridized carbons (Fsp3) is 0.333. The van der Waals surface area contributed by atoms with Gasteiger partial charge in [-0.25, -0.2) is 9.97 Å². The highest BCUT2D eigenvalue weighted by molar-refractivity contribution is 7.13. The molecule has 1 fully saturated rings. The summed E-state index contributed by atoms with van der Waals surface area (Å²) in [5, 5.41) is 4.24. The fourth-order valence-corrected chi connectivity index (χ4v) is 4.13.